The Bertz CT molecular complexity index is 942. The van der Waals surface area contributed by atoms with Gasteiger partial charge >= 0.3 is 5.97 Å². The number of esters is 1. The van der Waals surface area contributed by atoms with E-state index in [-0.39, 0.29) is 18.7 Å². The quantitative estimate of drug-likeness (QED) is 0.379. The molecule has 2 heterocycles. The first kappa shape index (κ1) is 20.1. The van der Waals surface area contributed by atoms with Crippen molar-refractivity contribution in [1.82, 2.24) is 0 Å². The molecule has 2 aromatic rings. The number of carbonyl (C=O) groups is 2. The number of amides is 1. The highest BCUT2D eigenvalue weighted by atomic mass is 16.7. The standard InChI is InChI=1S/C23H23NO6/c1-27-11-12-28-15-29-18-7-8-19-17(13-18)14-21(20-9-10-22(25)24(19)20)30-23(26)16-5-3-2-4-6-16/h2-10,13,20-21H,11-12,14-15H2,1H3/t20-,21+/m1/s1. The molecule has 0 saturated carbocycles. The predicted octanol–water partition coefficient (Wildman–Crippen LogP) is 2.74. The second-order valence-corrected chi connectivity index (χ2v) is 7.03. The van der Waals surface area contributed by atoms with Gasteiger partial charge in [0.25, 0.3) is 5.91 Å². The fraction of sp³-hybridized carbons (Fsp3) is 0.304. The van der Waals surface area contributed by atoms with E-state index in [4.69, 9.17) is 18.9 Å². The Balaban J connectivity index is 1.50. The van der Waals surface area contributed by atoms with E-state index in [1.807, 2.05) is 18.2 Å². The summed E-state index contributed by atoms with van der Waals surface area (Å²) in [7, 11) is 1.61. The number of ether oxygens (including phenoxy) is 4. The van der Waals surface area contributed by atoms with Crippen molar-refractivity contribution in [1.29, 1.82) is 0 Å². The van der Waals surface area contributed by atoms with Crippen molar-refractivity contribution in [3.8, 4) is 5.75 Å². The Labute approximate surface area is 174 Å². The lowest BCUT2D eigenvalue weighted by Gasteiger charge is -2.37. The van der Waals surface area contributed by atoms with Gasteiger partial charge in [0.05, 0.1) is 24.8 Å². The molecule has 7 heteroatoms. The molecule has 30 heavy (non-hydrogen) atoms. The number of nitrogens with zero attached hydrogens (tertiary/aromatic N) is 1. The molecule has 0 bridgehead atoms. The summed E-state index contributed by atoms with van der Waals surface area (Å²) in [6.45, 7) is 1.03. The van der Waals surface area contributed by atoms with Gasteiger partial charge in [-0.2, -0.15) is 0 Å². The number of hydrogen-bond acceptors (Lipinski definition) is 6. The van der Waals surface area contributed by atoms with Crippen LogP contribution < -0.4 is 9.64 Å². The lowest BCUT2D eigenvalue weighted by Crippen LogP contribution is -2.48. The second-order valence-electron chi connectivity index (χ2n) is 7.03. The highest BCUT2D eigenvalue weighted by Gasteiger charge is 2.41. The van der Waals surface area contributed by atoms with E-state index in [9.17, 15) is 9.59 Å². The predicted molar refractivity (Wildman–Crippen MR) is 110 cm³/mol. The summed E-state index contributed by atoms with van der Waals surface area (Å²) < 4.78 is 21.7. The van der Waals surface area contributed by atoms with Gasteiger partial charge in [-0.05, 0) is 35.9 Å². The van der Waals surface area contributed by atoms with E-state index >= 15 is 0 Å². The molecule has 0 aromatic heterocycles. The summed E-state index contributed by atoms with van der Waals surface area (Å²) >= 11 is 0. The molecular formula is C23H23NO6. The van der Waals surface area contributed by atoms with Crippen LogP contribution in [0.15, 0.2) is 60.7 Å². The number of fused-ring (bicyclic) bond motifs is 3. The number of rotatable bonds is 8. The molecule has 1 amide bonds. The largest absolute Gasteiger partial charge is 0.468 e. The molecule has 2 aromatic carbocycles. The highest BCUT2D eigenvalue weighted by molar-refractivity contribution is 6.06. The highest BCUT2D eigenvalue weighted by Crippen LogP contribution is 2.37. The first-order chi connectivity index (χ1) is 14.7. The van der Waals surface area contributed by atoms with Crippen LogP contribution in [-0.2, 0) is 25.4 Å². The summed E-state index contributed by atoms with van der Waals surface area (Å²) in [6.07, 6.45) is 3.31. The van der Waals surface area contributed by atoms with Gasteiger partial charge in [0.2, 0.25) is 0 Å². The number of carbonyl (C=O) groups excluding carboxylic acids is 2. The zero-order chi connectivity index (χ0) is 20.9. The van der Waals surface area contributed by atoms with Gasteiger partial charge in [-0.1, -0.05) is 24.3 Å². The maximum Gasteiger partial charge on any atom is 0.338 e. The van der Waals surface area contributed by atoms with Crippen LogP contribution in [0, 0.1) is 0 Å². The van der Waals surface area contributed by atoms with Gasteiger partial charge in [0.1, 0.15) is 11.9 Å². The third-order valence-electron chi connectivity index (χ3n) is 5.09. The van der Waals surface area contributed by atoms with Crippen LogP contribution in [0.1, 0.15) is 15.9 Å². The van der Waals surface area contributed by atoms with Crippen molar-refractivity contribution in [2.24, 2.45) is 0 Å². The molecular weight excluding hydrogens is 386 g/mol. The van der Waals surface area contributed by atoms with Crippen LogP contribution >= 0.6 is 0 Å². The van der Waals surface area contributed by atoms with Crippen molar-refractivity contribution in [2.45, 2.75) is 18.6 Å². The minimum absolute atomic E-state index is 0.0986. The molecule has 0 saturated heterocycles. The maximum atomic E-state index is 12.6. The Kier molecular flexibility index (Phi) is 6.11. The fourth-order valence-electron chi connectivity index (χ4n) is 3.65. The molecule has 0 unspecified atom stereocenters. The van der Waals surface area contributed by atoms with Crippen LogP contribution in [-0.4, -0.2) is 51.1 Å². The number of benzene rings is 2. The Morgan fingerprint density at radius 3 is 2.77 bits per heavy atom. The molecule has 4 rings (SSSR count). The summed E-state index contributed by atoms with van der Waals surface area (Å²) in [4.78, 5) is 26.7. The number of anilines is 1. The molecule has 0 aliphatic carbocycles. The third kappa shape index (κ3) is 4.22. The molecule has 2 atom stereocenters. The van der Waals surface area contributed by atoms with E-state index in [1.165, 1.54) is 6.08 Å². The van der Waals surface area contributed by atoms with Crippen molar-refractivity contribution >= 4 is 17.6 Å². The molecule has 2 aliphatic rings. The molecule has 156 valence electrons. The number of hydrogen-bond donors (Lipinski definition) is 0. The zero-order valence-electron chi connectivity index (χ0n) is 16.7. The molecule has 0 spiro atoms. The van der Waals surface area contributed by atoms with Crippen molar-refractivity contribution in [3.05, 3.63) is 71.8 Å². The van der Waals surface area contributed by atoms with E-state index in [0.29, 0.717) is 30.9 Å². The minimum Gasteiger partial charge on any atom is -0.468 e. The first-order valence-electron chi connectivity index (χ1n) is 9.77. The van der Waals surface area contributed by atoms with Crippen molar-refractivity contribution in [3.63, 3.8) is 0 Å². The fourth-order valence-corrected chi connectivity index (χ4v) is 3.65. The van der Waals surface area contributed by atoms with Gasteiger partial charge in [0, 0.05) is 25.3 Å². The lowest BCUT2D eigenvalue weighted by molar-refractivity contribution is -0.114. The SMILES string of the molecule is COCCOCOc1ccc2c(c1)C[C@H](OC(=O)c1ccccc1)[C@H]1C=CC(=O)N21. The van der Waals surface area contributed by atoms with Crippen molar-refractivity contribution in [2.75, 3.05) is 32.0 Å². The van der Waals surface area contributed by atoms with Crippen LogP contribution in [0.25, 0.3) is 0 Å². The van der Waals surface area contributed by atoms with E-state index < -0.39 is 12.1 Å². The molecule has 0 radical (unpaired) electrons. The van der Waals surface area contributed by atoms with Gasteiger partial charge in [-0.25, -0.2) is 4.79 Å². The van der Waals surface area contributed by atoms with Gasteiger partial charge < -0.3 is 18.9 Å². The van der Waals surface area contributed by atoms with Gasteiger partial charge in [-0.15, -0.1) is 0 Å². The van der Waals surface area contributed by atoms with Crippen LogP contribution in [0.2, 0.25) is 0 Å². The summed E-state index contributed by atoms with van der Waals surface area (Å²) in [6, 6.07) is 14.0. The topological polar surface area (TPSA) is 74.3 Å². The van der Waals surface area contributed by atoms with Gasteiger partial charge in [-0.3, -0.25) is 9.69 Å². The monoisotopic (exact) mass is 409 g/mol. The average molecular weight is 409 g/mol. The summed E-state index contributed by atoms with van der Waals surface area (Å²) in [5.74, 6) is 0.0892. The molecule has 2 aliphatic heterocycles. The Morgan fingerprint density at radius 2 is 1.97 bits per heavy atom. The van der Waals surface area contributed by atoms with E-state index in [0.717, 1.165) is 11.3 Å². The Hall–Kier alpha value is -3.16. The summed E-state index contributed by atoms with van der Waals surface area (Å²) in [5, 5.41) is 0. The summed E-state index contributed by atoms with van der Waals surface area (Å²) in [5.41, 5.74) is 2.16. The molecule has 0 fully saturated rings. The smallest absolute Gasteiger partial charge is 0.338 e. The van der Waals surface area contributed by atoms with Crippen LogP contribution in [0.4, 0.5) is 5.69 Å². The molecule has 7 nitrogen and oxygen atoms in total. The number of methoxy groups -OCH3 is 1. The lowest BCUT2D eigenvalue weighted by atomic mass is 9.94. The Morgan fingerprint density at radius 1 is 1.13 bits per heavy atom. The zero-order valence-corrected chi connectivity index (χ0v) is 16.7. The van der Waals surface area contributed by atoms with Crippen LogP contribution in [0.5, 0.6) is 5.75 Å². The van der Waals surface area contributed by atoms with Crippen molar-refractivity contribution < 1.29 is 28.5 Å². The van der Waals surface area contributed by atoms with Crippen LogP contribution in [0.3, 0.4) is 0 Å². The average Bonchev–Trinajstić information content (AvgIpc) is 3.16. The minimum atomic E-state index is -0.485. The third-order valence-corrected chi connectivity index (χ3v) is 5.09. The normalized spacial score (nSPS) is 19.4. The molecule has 0 N–H and O–H groups in total. The van der Waals surface area contributed by atoms with Gasteiger partial charge in [0.15, 0.2) is 6.79 Å². The first-order valence-corrected chi connectivity index (χ1v) is 9.77. The van der Waals surface area contributed by atoms with E-state index in [2.05, 4.69) is 0 Å². The van der Waals surface area contributed by atoms with E-state index in [1.54, 1.807) is 48.4 Å². The maximum absolute atomic E-state index is 12.6. The second kappa shape index (κ2) is 9.11.